The zero-order valence-electron chi connectivity index (χ0n) is 12.3. The number of amides is 1. The number of rotatable bonds is 5. The molecule has 0 aliphatic heterocycles. The van der Waals surface area contributed by atoms with Crippen molar-refractivity contribution in [1.29, 1.82) is 0 Å². The summed E-state index contributed by atoms with van der Waals surface area (Å²) in [5.41, 5.74) is 6.32. The number of carbonyl (C=O) groups is 1. The number of nitrogens with two attached hydrogens (primary N) is 1. The first-order chi connectivity index (χ1) is 9.12. The van der Waals surface area contributed by atoms with E-state index >= 15 is 0 Å². The lowest BCUT2D eigenvalue weighted by Crippen LogP contribution is -2.40. The molecular formula is C14H21Cl2N3O. The third-order valence-corrected chi connectivity index (χ3v) is 3.44. The molecule has 0 aliphatic carbocycles. The molecule has 1 rings (SSSR count). The van der Waals surface area contributed by atoms with E-state index in [1.54, 1.807) is 0 Å². The predicted molar refractivity (Wildman–Crippen MR) is 85.5 cm³/mol. The van der Waals surface area contributed by atoms with Gasteiger partial charge in [0.1, 0.15) is 0 Å². The molecule has 1 aromatic carbocycles. The Balaban J connectivity index is 2.73. The van der Waals surface area contributed by atoms with Crippen molar-refractivity contribution in [3.05, 3.63) is 27.7 Å². The third-order valence-electron chi connectivity index (χ3n) is 2.81. The van der Waals surface area contributed by atoms with Crippen molar-refractivity contribution in [3.8, 4) is 0 Å². The molecule has 112 valence electrons. The molecule has 0 aliphatic rings. The zero-order valence-corrected chi connectivity index (χ0v) is 13.8. The number of benzene rings is 1. The normalized spacial score (nSPS) is 11.8. The molecule has 0 bridgehead atoms. The van der Waals surface area contributed by atoms with Crippen LogP contribution < -0.4 is 11.1 Å². The fourth-order valence-electron chi connectivity index (χ4n) is 2.05. The largest absolute Gasteiger partial charge is 0.396 e. The van der Waals surface area contributed by atoms with Crippen LogP contribution in [0.2, 0.25) is 10.0 Å². The summed E-state index contributed by atoms with van der Waals surface area (Å²) in [5.74, 6) is -0.208. The molecule has 0 aromatic heterocycles. The molecule has 0 saturated carbocycles. The molecule has 1 aromatic rings. The number of anilines is 1. The predicted octanol–water partition coefficient (Wildman–Crippen LogP) is 2.89. The summed E-state index contributed by atoms with van der Waals surface area (Å²) in [7, 11) is 4.01. The summed E-state index contributed by atoms with van der Waals surface area (Å²) in [4.78, 5) is 14.2. The van der Waals surface area contributed by atoms with Gasteiger partial charge in [0.15, 0.2) is 0 Å². The molecule has 0 radical (unpaired) electrons. The number of hydrogen-bond acceptors (Lipinski definition) is 3. The monoisotopic (exact) mass is 317 g/mol. The molecule has 0 unspecified atom stereocenters. The van der Waals surface area contributed by atoms with Crippen LogP contribution in [0.1, 0.15) is 24.2 Å². The first kappa shape index (κ1) is 17.1. The number of nitrogens with zero attached hydrogens (tertiary/aromatic N) is 1. The quantitative estimate of drug-likeness (QED) is 0.821. The zero-order chi connectivity index (χ0) is 15.5. The van der Waals surface area contributed by atoms with Gasteiger partial charge in [0.05, 0.1) is 15.7 Å². The second-order valence-corrected chi connectivity index (χ2v) is 6.75. The maximum absolute atomic E-state index is 12.1. The van der Waals surface area contributed by atoms with Crippen LogP contribution >= 0.6 is 23.2 Å². The summed E-state index contributed by atoms with van der Waals surface area (Å²) in [6, 6.07) is 3.05. The molecule has 0 saturated heterocycles. The van der Waals surface area contributed by atoms with Crippen molar-refractivity contribution in [1.82, 2.24) is 10.2 Å². The summed E-state index contributed by atoms with van der Waals surface area (Å²) < 4.78 is 0. The molecule has 0 spiro atoms. The van der Waals surface area contributed by atoms with Gasteiger partial charge < -0.3 is 16.0 Å². The highest BCUT2D eigenvalue weighted by Gasteiger charge is 2.20. The molecule has 3 N–H and O–H groups in total. The van der Waals surface area contributed by atoms with Crippen LogP contribution in [0.4, 0.5) is 5.69 Å². The van der Waals surface area contributed by atoms with Crippen LogP contribution in [0.3, 0.4) is 0 Å². The average Bonchev–Trinajstić information content (AvgIpc) is 2.31. The van der Waals surface area contributed by atoms with E-state index in [-0.39, 0.29) is 27.1 Å². The molecular weight excluding hydrogens is 297 g/mol. The maximum atomic E-state index is 12.1. The van der Waals surface area contributed by atoms with E-state index in [1.165, 1.54) is 12.1 Å². The van der Waals surface area contributed by atoms with Gasteiger partial charge in [0.25, 0.3) is 5.91 Å². The highest BCUT2D eigenvalue weighted by Crippen LogP contribution is 2.28. The lowest BCUT2D eigenvalue weighted by Gasteiger charge is -2.28. The van der Waals surface area contributed by atoms with Crippen LogP contribution in [0.25, 0.3) is 0 Å². The Morgan fingerprint density at radius 1 is 1.30 bits per heavy atom. The second kappa shape index (κ2) is 6.66. The lowest BCUT2D eigenvalue weighted by atomic mass is 9.93. The molecule has 20 heavy (non-hydrogen) atoms. The topological polar surface area (TPSA) is 58.4 Å². The number of halogens is 2. The van der Waals surface area contributed by atoms with Gasteiger partial charge in [-0.2, -0.15) is 0 Å². The van der Waals surface area contributed by atoms with Crippen LogP contribution in [-0.4, -0.2) is 38.0 Å². The van der Waals surface area contributed by atoms with Crippen LogP contribution in [-0.2, 0) is 0 Å². The van der Waals surface area contributed by atoms with Crippen LogP contribution in [0, 0.1) is 5.41 Å². The van der Waals surface area contributed by atoms with E-state index in [4.69, 9.17) is 28.9 Å². The van der Waals surface area contributed by atoms with Gasteiger partial charge in [-0.1, -0.05) is 37.0 Å². The van der Waals surface area contributed by atoms with Crippen molar-refractivity contribution < 1.29 is 4.79 Å². The maximum Gasteiger partial charge on any atom is 0.251 e. The highest BCUT2D eigenvalue weighted by atomic mass is 35.5. The van der Waals surface area contributed by atoms with Crippen molar-refractivity contribution in [2.45, 2.75) is 13.8 Å². The minimum absolute atomic E-state index is 0.0272. The van der Waals surface area contributed by atoms with Gasteiger partial charge in [-0.15, -0.1) is 0 Å². The third kappa shape index (κ3) is 4.85. The standard InChI is InChI=1S/C14H21Cl2N3O/c1-14(2,8-19(3)4)7-18-13(20)9-5-10(15)12(17)11(16)6-9/h5-6H,7-8,17H2,1-4H3,(H,18,20). The van der Waals surface area contributed by atoms with E-state index in [9.17, 15) is 4.79 Å². The Kier molecular flexibility index (Phi) is 5.68. The summed E-state index contributed by atoms with van der Waals surface area (Å²) in [5, 5.41) is 3.47. The van der Waals surface area contributed by atoms with Crippen molar-refractivity contribution in [2.24, 2.45) is 5.41 Å². The van der Waals surface area contributed by atoms with Crippen molar-refractivity contribution in [2.75, 3.05) is 32.9 Å². The van der Waals surface area contributed by atoms with E-state index in [0.717, 1.165) is 6.54 Å². The minimum atomic E-state index is -0.208. The van der Waals surface area contributed by atoms with E-state index in [1.807, 2.05) is 14.1 Å². The van der Waals surface area contributed by atoms with E-state index in [0.29, 0.717) is 12.1 Å². The van der Waals surface area contributed by atoms with E-state index in [2.05, 4.69) is 24.1 Å². The first-order valence-corrected chi connectivity index (χ1v) is 7.05. The highest BCUT2D eigenvalue weighted by molar-refractivity contribution is 6.39. The SMILES string of the molecule is CN(C)CC(C)(C)CNC(=O)c1cc(Cl)c(N)c(Cl)c1. The summed E-state index contributed by atoms with van der Waals surface area (Å²) in [6.07, 6.45) is 0. The van der Waals surface area contributed by atoms with Crippen molar-refractivity contribution >= 4 is 34.8 Å². The van der Waals surface area contributed by atoms with Gasteiger partial charge in [-0.3, -0.25) is 4.79 Å². The minimum Gasteiger partial charge on any atom is -0.396 e. The number of nitrogens with one attached hydrogen (secondary N) is 1. The number of hydrogen-bond donors (Lipinski definition) is 2. The molecule has 0 fully saturated rings. The molecule has 1 amide bonds. The Bertz CT molecular complexity index is 478. The van der Waals surface area contributed by atoms with Crippen molar-refractivity contribution in [3.63, 3.8) is 0 Å². The van der Waals surface area contributed by atoms with Crippen LogP contribution in [0.5, 0.6) is 0 Å². The van der Waals surface area contributed by atoms with Gasteiger partial charge in [0, 0.05) is 18.7 Å². The summed E-state index contributed by atoms with van der Waals surface area (Å²) >= 11 is 11.9. The molecule has 0 heterocycles. The van der Waals surface area contributed by atoms with Crippen LogP contribution in [0.15, 0.2) is 12.1 Å². The average molecular weight is 318 g/mol. The molecule has 4 nitrogen and oxygen atoms in total. The molecule has 0 atom stereocenters. The number of nitrogen functional groups attached to an aromatic ring is 1. The fourth-order valence-corrected chi connectivity index (χ4v) is 2.54. The smallest absolute Gasteiger partial charge is 0.251 e. The van der Waals surface area contributed by atoms with Gasteiger partial charge >= 0.3 is 0 Å². The lowest BCUT2D eigenvalue weighted by molar-refractivity contribution is 0.0929. The Labute approximate surface area is 130 Å². The Morgan fingerprint density at radius 2 is 1.80 bits per heavy atom. The Hall–Kier alpha value is -0.970. The fraction of sp³-hybridized carbons (Fsp3) is 0.500. The summed E-state index contributed by atoms with van der Waals surface area (Å²) in [6.45, 7) is 5.62. The number of carbonyl (C=O) groups excluding carboxylic acids is 1. The molecule has 6 heteroatoms. The van der Waals surface area contributed by atoms with E-state index < -0.39 is 0 Å². The van der Waals surface area contributed by atoms with Gasteiger partial charge in [-0.05, 0) is 31.6 Å². The van der Waals surface area contributed by atoms with Gasteiger partial charge in [-0.25, -0.2) is 0 Å². The first-order valence-electron chi connectivity index (χ1n) is 6.30. The Morgan fingerprint density at radius 3 is 2.25 bits per heavy atom. The van der Waals surface area contributed by atoms with Gasteiger partial charge in [0.2, 0.25) is 0 Å². The second-order valence-electron chi connectivity index (χ2n) is 5.94.